The van der Waals surface area contributed by atoms with Gasteiger partial charge in [-0.25, -0.2) is 0 Å². The molecule has 2 aliphatic heterocycles. The lowest BCUT2D eigenvalue weighted by Crippen LogP contribution is -2.47. The fraction of sp³-hybridized carbons (Fsp3) is 0.417. The number of carbonyl (C=O) groups is 3. The quantitative estimate of drug-likeness (QED) is 0.669. The van der Waals surface area contributed by atoms with E-state index in [9.17, 15) is 14.4 Å². The van der Waals surface area contributed by atoms with Gasteiger partial charge in [-0.3, -0.25) is 24.3 Å². The maximum atomic E-state index is 13.7. The number of pyridine rings is 1. The molecule has 162 valence electrons. The van der Waals surface area contributed by atoms with Crippen LogP contribution in [0, 0.1) is 0 Å². The molecule has 2 fully saturated rings. The second-order valence-corrected chi connectivity index (χ2v) is 8.29. The molecule has 2 saturated heterocycles. The number of nitrogens with zero attached hydrogens (tertiary/aromatic N) is 3. The zero-order chi connectivity index (χ0) is 21.8. The molecule has 0 bridgehead atoms. The van der Waals surface area contributed by atoms with Gasteiger partial charge < -0.3 is 9.64 Å². The molecule has 2 aromatic rings. The highest BCUT2D eigenvalue weighted by Gasteiger charge is 2.54. The van der Waals surface area contributed by atoms with Gasteiger partial charge in [-0.15, -0.1) is 0 Å². The Hall–Kier alpha value is -3.06. The number of piperidine rings is 1. The lowest BCUT2D eigenvalue weighted by molar-refractivity contribution is -0.144. The first-order valence-electron chi connectivity index (χ1n) is 10.6. The standard InChI is InChI=1S/C24H27N3O4/c1-31-20-10-6-12-26(17-20)21(28)13-24(19-8-3-2-4-9-19)14-22(29)27(23(24)30)16-18-7-5-11-25-15-18/h2-5,7-9,11,15,20H,6,10,12-14,16-17H2,1H3/t20-,24-/m0/s1. The number of hydrogen-bond acceptors (Lipinski definition) is 5. The van der Waals surface area contributed by atoms with Crippen molar-refractivity contribution in [2.75, 3.05) is 20.2 Å². The number of aromatic nitrogens is 1. The topological polar surface area (TPSA) is 79.8 Å². The average molecular weight is 421 g/mol. The Bertz CT molecular complexity index is 950. The average Bonchev–Trinajstić information content (AvgIpc) is 3.05. The van der Waals surface area contributed by atoms with E-state index in [1.807, 2.05) is 36.4 Å². The SMILES string of the molecule is CO[C@H]1CCCN(C(=O)C[C@@]2(c3ccccc3)CC(=O)N(Cc3cccnc3)C2=O)C1. The molecule has 31 heavy (non-hydrogen) atoms. The first kappa shape index (κ1) is 21.2. The summed E-state index contributed by atoms with van der Waals surface area (Å²) in [5.41, 5.74) is 0.298. The van der Waals surface area contributed by atoms with Crippen molar-refractivity contribution in [2.24, 2.45) is 0 Å². The third-order valence-corrected chi connectivity index (χ3v) is 6.32. The minimum atomic E-state index is -1.18. The molecule has 7 nitrogen and oxygen atoms in total. The summed E-state index contributed by atoms with van der Waals surface area (Å²) < 4.78 is 5.44. The summed E-state index contributed by atoms with van der Waals surface area (Å²) in [5, 5.41) is 0. The van der Waals surface area contributed by atoms with Gasteiger partial charge in [-0.1, -0.05) is 36.4 Å². The molecule has 0 spiro atoms. The van der Waals surface area contributed by atoms with Crippen LogP contribution in [-0.2, 0) is 31.1 Å². The zero-order valence-electron chi connectivity index (χ0n) is 17.7. The molecule has 1 aromatic heterocycles. The summed E-state index contributed by atoms with van der Waals surface area (Å²) in [6.45, 7) is 1.32. The molecule has 2 aliphatic rings. The number of ether oxygens (including phenoxy) is 1. The summed E-state index contributed by atoms with van der Waals surface area (Å²) >= 11 is 0. The van der Waals surface area contributed by atoms with Gasteiger partial charge in [0.15, 0.2) is 0 Å². The lowest BCUT2D eigenvalue weighted by Gasteiger charge is -2.35. The Kier molecular flexibility index (Phi) is 6.13. The maximum absolute atomic E-state index is 13.7. The smallest absolute Gasteiger partial charge is 0.241 e. The lowest BCUT2D eigenvalue weighted by atomic mass is 9.75. The van der Waals surface area contributed by atoms with Gasteiger partial charge in [-0.2, -0.15) is 0 Å². The molecule has 3 amide bonds. The third kappa shape index (κ3) is 4.23. The Morgan fingerprint density at radius 3 is 2.71 bits per heavy atom. The van der Waals surface area contributed by atoms with Gasteiger partial charge >= 0.3 is 0 Å². The Balaban J connectivity index is 1.62. The van der Waals surface area contributed by atoms with Gasteiger partial charge in [0.1, 0.15) is 0 Å². The predicted molar refractivity (Wildman–Crippen MR) is 114 cm³/mol. The summed E-state index contributed by atoms with van der Waals surface area (Å²) in [6, 6.07) is 12.8. The molecule has 4 rings (SSSR count). The van der Waals surface area contributed by atoms with E-state index in [4.69, 9.17) is 4.74 Å². The van der Waals surface area contributed by atoms with Crippen molar-refractivity contribution in [3.05, 3.63) is 66.0 Å². The molecule has 2 atom stereocenters. The van der Waals surface area contributed by atoms with Crippen LogP contribution in [0.2, 0.25) is 0 Å². The van der Waals surface area contributed by atoms with Crippen molar-refractivity contribution in [1.29, 1.82) is 0 Å². The number of methoxy groups -OCH3 is 1. The van der Waals surface area contributed by atoms with Crippen molar-refractivity contribution in [1.82, 2.24) is 14.8 Å². The van der Waals surface area contributed by atoms with Crippen LogP contribution in [-0.4, -0.2) is 58.8 Å². The molecule has 0 saturated carbocycles. The van der Waals surface area contributed by atoms with Gasteiger partial charge in [0.2, 0.25) is 17.7 Å². The molecule has 0 N–H and O–H groups in total. The molecule has 7 heteroatoms. The van der Waals surface area contributed by atoms with Gasteiger partial charge in [0, 0.05) is 45.4 Å². The van der Waals surface area contributed by atoms with E-state index in [-0.39, 0.29) is 43.2 Å². The number of likely N-dealkylation sites (tertiary alicyclic amines) is 2. The highest BCUT2D eigenvalue weighted by atomic mass is 16.5. The summed E-state index contributed by atoms with van der Waals surface area (Å²) in [6.07, 6.45) is 5.05. The van der Waals surface area contributed by atoms with E-state index in [0.717, 1.165) is 18.4 Å². The van der Waals surface area contributed by atoms with E-state index in [0.29, 0.717) is 18.7 Å². The van der Waals surface area contributed by atoms with Crippen molar-refractivity contribution >= 4 is 17.7 Å². The minimum absolute atomic E-state index is 0.00775. The summed E-state index contributed by atoms with van der Waals surface area (Å²) in [5.74, 6) is -0.699. The highest BCUT2D eigenvalue weighted by Crippen LogP contribution is 2.41. The molecule has 3 heterocycles. The molecular weight excluding hydrogens is 394 g/mol. The number of imide groups is 1. The van der Waals surface area contributed by atoms with Crippen molar-refractivity contribution in [2.45, 2.75) is 43.7 Å². The number of hydrogen-bond donors (Lipinski definition) is 0. The van der Waals surface area contributed by atoms with Gasteiger partial charge in [0.25, 0.3) is 0 Å². The van der Waals surface area contributed by atoms with Crippen LogP contribution in [0.4, 0.5) is 0 Å². The van der Waals surface area contributed by atoms with E-state index in [1.54, 1.807) is 30.5 Å². The van der Waals surface area contributed by atoms with Crippen molar-refractivity contribution in [3.8, 4) is 0 Å². The van der Waals surface area contributed by atoms with Crippen LogP contribution in [0.5, 0.6) is 0 Å². The fourth-order valence-electron chi connectivity index (χ4n) is 4.58. The van der Waals surface area contributed by atoms with Crippen LogP contribution < -0.4 is 0 Å². The van der Waals surface area contributed by atoms with E-state index in [1.165, 1.54) is 4.90 Å². The zero-order valence-corrected chi connectivity index (χ0v) is 17.7. The van der Waals surface area contributed by atoms with Crippen LogP contribution in [0.1, 0.15) is 36.8 Å². The Morgan fingerprint density at radius 2 is 2.00 bits per heavy atom. The second kappa shape index (κ2) is 8.98. The second-order valence-electron chi connectivity index (χ2n) is 8.29. The van der Waals surface area contributed by atoms with Crippen molar-refractivity contribution in [3.63, 3.8) is 0 Å². The monoisotopic (exact) mass is 421 g/mol. The number of carbonyl (C=O) groups excluding carboxylic acids is 3. The van der Waals surface area contributed by atoms with E-state index >= 15 is 0 Å². The fourth-order valence-corrected chi connectivity index (χ4v) is 4.58. The number of rotatable bonds is 6. The molecule has 0 aliphatic carbocycles. The Labute approximate surface area is 182 Å². The molecular formula is C24H27N3O4. The predicted octanol–water partition coefficient (Wildman–Crippen LogP) is 2.31. The molecule has 0 unspecified atom stereocenters. The third-order valence-electron chi connectivity index (χ3n) is 6.32. The highest BCUT2D eigenvalue weighted by molar-refractivity contribution is 6.10. The summed E-state index contributed by atoms with van der Waals surface area (Å²) in [4.78, 5) is 47.0. The molecule has 0 radical (unpaired) electrons. The van der Waals surface area contributed by atoms with E-state index < -0.39 is 5.41 Å². The maximum Gasteiger partial charge on any atom is 0.241 e. The van der Waals surface area contributed by atoms with E-state index in [2.05, 4.69) is 4.98 Å². The van der Waals surface area contributed by atoms with Crippen LogP contribution >= 0.6 is 0 Å². The van der Waals surface area contributed by atoms with Gasteiger partial charge in [0.05, 0.1) is 18.1 Å². The number of benzene rings is 1. The minimum Gasteiger partial charge on any atom is -0.380 e. The normalized spacial score (nSPS) is 24.0. The van der Waals surface area contributed by atoms with Gasteiger partial charge in [-0.05, 0) is 30.0 Å². The largest absolute Gasteiger partial charge is 0.380 e. The van der Waals surface area contributed by atoms with Crippen molar-refractivity contribution < 1.29 is 19.1 Å². The Morgan fingerprint density at radius 1 is 1.19 bits per heavy atom. The van der Waals surface area contributed by atoms with Crippen LogP contribution in [0.25, 0.3) is 0 Å². The number of amides is 3. The first-order valence-corrected chi connectivity index (χ1v) is 10.6. The first-order chi connectivity index (χ1) is 15.0. The van der Waals surface area contributed by atoms with Crippen LogP contribution in [0.15, 0.2) is 54.9 Å². The van der Waals surface area contributed by atoms with Crippen LogP contribution in [0.3, 0.4) is 0 Å². The summed E-state index contributed by atoms with van der Waals surface area (Å²) in [7, 11) is 1.65. The molecule has 1 aromatic carbocycles.